The smallest absolute Gasteiger partial charge is 0.357 e. The molecule has 2 heterocycles. The highest BCUT2D eigenvalue weighted by molar-refractivity contribution is 6.33. The van der Waals surface area contributed by atoms with E-state index in [0.717, 1.165) is 38.1 Å². The van der Waals surface area contributed by atoms with E-state index in [-0.39, 0.29) is 27.8 Å². The van der Waals surface area contributed by atoms with Crippen molar-refractivity contribution in [2.45, 2.75) is 25.9 Å². The molecule has 0 unspecified atom stereocenters. The number of rotatable bonds is 2. The zero-order chi connectivity index (χ0) is 19.8. The van der Waals surface area contributed by atoms with Gasteiger partial charge in [0, 0.05) is 18.8 Å². The second-order valence-corrected chi connectivity index (χ2v) is 6.66. The quantitative estimate of drug-likeness (QED) is 0.665. The summed E-state index contributed by atoms with van der Waals surface area (Å²) >= 11 is 5.93. The van der Waals surface area contributed by atoms with Crippen LogP contribution in [-0.4, -0.2) is 35.7 Å². The van der Waals surface area contributed by atoms with Gasteiger partial charge in [0.15, 0.2) is 5.84 Å². The maximum Gasteiger partial charge on any atom is 0.416 e. The van der Waals surface area contributed by atoms with Crippen LogP contribution in [0.1, 0.15) is 25.3 Å². The lowest BCUT2D eigenvalue weighted by Gasteiger charge is -2.25. The van der Waals surface area contributed by atoms with E-state index in [2.05, 4.69) is 15.6 Å². The van der Waals surface area contributed by atoms with Gasteiger partial charge in [0.05, 0.1) is 16.3 Å². The topological polar surface area (TPSA) is 80.6 Å². The fourth-order valence-electron chi connectivity index (χ4n) is 2.95. The van der Waals surface area contributed by atoms with Gasteiger partial charge in [0.2, 0.25) is 5.96 Å². The molecule has 3 rings (SSSR count). The van der Waals surface area contributed by atoms with Crippen molar-refractivity contribution in [3.8, 4) is 0 Å². The van der Waals surface area contributed by atoms with Gasteiger partial charge < -0.3 is 10.2 Å². The number of halogens is 4. The fourth-order valence-corrected chi connectivity index (χ4v) is 3.17. The summed E-state index contributed by atoms with van der Waals surface area (Å²) in [6.07, 6.45) is -2.50. The number of guanidine groups is 1. The number of nitrogens with one attached hydrogen (secondary N) is 3. The zero-order valence-corrected chi connectivity index (χ0v) is 15.1. The van der Waals surface area contributed by atoms with Crippen LogP contribution in [0.4, 0.5) is 18.9 Å². The molecule has 1 saturated heterocycles. The standard InChI is InChI=1S/C17H17ClF3N5O/c1-9(23-12-5-4-10(8-11(12)18)17(19,20)21)13-14(22)24-16(25-15(13)27)26-6-2-3-7-26/h4-5,8,23H,2-3,6-7H2,1H3,(H2,22,24,25,27)/b13-9+. The van der Waals surface area contributed by atoms with E-state index in [1.165, 1.54) is 13.0 Å². The second-order valence-electron chi connectivity index (χ2n) is 6.25. The number of hydrogen-bond acceptors (Lipinski definition) is 4. The van der Waals surface area contributed by atoms with Gasteiger partial charge in [0.25, 0.3) is 5.91 Å². The number of benzene rings is 1. The van der Waals surface area contributed by atoms with E-state index in [0.29, 0.717) is 5.96 Å². The van der Waals surface area contributed by atoms with Crippen LogP contribution in [0.15, 0.2) is 34.5 Å². The molecule has 1 aromatic rings. The maximum atomic E-state index is 12.7. The Bertz CT molecular complexity index is 857. The first-order valence-corrected chi connectivity index (χ1v) is 8.63. The molecule has 0 aliphatic carbocycles. The van der Waals surface area contributed by atoms with Crippen molar-refractivity contribution in [2.75, 3.05) is 18.4 Å². The molecular formula is C17H17ClF3N5O. The summed E-state index contributed by atoms with van der Waals surface area (Å²) in [5, 5.41) is 13.4. The van der Waals surface area contributed by atoms with E-state index >= 15 is 0 Å². The minimum Gasteiger partial charge on any atom is -0.357 e. The monoisotopic (exact) mass is 399 g/mol. The number of amidine groups is 1. The van der Waals surface area contributed by atoms with E-state index in [4.69, 9.17) is 17.0 Å². The molecular weight excluding hydrogens is 383 g/mol. The minimum atomic E-state index is -4.50. The summed E-state index contributed by atoms with van der Waals surface area (Å²) < 4.78 is 38.2. The second kappa shape index (κ2) is 7.22. The lowest BCUT2D eigenvalue weighted by Crippen LogP contribution is -2.48. The average molecular weight is 400 g/mol. The van der Waals surface area contributed by atoms with Crippen LogP contribution in [0, 0.1) is 5.41 Å². The number of carbonyl (C=O) groups is 1. The third kappa shape index (κ3) is 4.08. The highest BCUT2D eigenvalue weighted by Crippen LogP contribution is 2.34. The van der Waals surface area contributed by atoms with Crippen LogP contribution in [0.2, 0.25) is 5.02 Å². The normalized spacial score (nSPS) is 19.7. The summed E-state index contributed by atoms with van der Waals surface area (Å²) in [5.41, 5.74) is -0.395. The number of aliphatic imine (C=N–C) groups is 1. The summed E-state index contributed by atoms with van der Waals surface area (Å²) in [7, 11) is 0. The molecule has 0 saturated carbocycles. The van der Waals surface area contributed by atoms with Crippen molar-refractivity contribution >= 4 is 35.0 Å². The molecule has 0 bridgehead atoms. The van der Waals surface area contributed by atoms with E-state index in [9.17, 15) is 18.0 Å². The summed E-state index contributed by atoms with van der Waals surface area (Å²) in [5.74, 6) is -0.356. The molecule has 6 nitrogen and oxygen atoms in total. The Kier molecular flexibility index (Phi) is 5.14. The van der Waals surface area contributed by atoms with Gasteiger partial charge in [-0.3, -0.25) is 15.5 Å². The molecule has 1 amide bonds. The predicted octanol–water partition coefficient (Wildman–Crippen LogP) is 3.60. The first-order chi connectivity index (χ1) is 12.7. The highest BCUT2D eigenvalue weighted by Gasteiger charge is 2.31. The lowest BCUT2D eigenvalue weighted by atomic mass is 10.1. The number of amides is 1. The Hall–Kier alpha value is -2.55. The first-order valence-electron chi connectivity index (χ1n) is 8.25. The number of hydrogen-bond donors (Lipinski definition) is 3. The average Bonchev–Trinajstić information content (AvgIpc) is 3.09. The van der Waals surface area contributed by atoms with E-state index in [1.54, 1.807) is 0 Å². The zero-order valence-electron chi connectivity index (χ0n) is 14.4. The van der Waals surface area contributed by atoms with Crippen LogP contribution >= 0.6 is 11.6 Å². The van der Waals surface area contributed by atoms with Crippen LogP contribution < -0.4 is 10.6 Å². The number of carbonyl (C=O) groups excluding carboxylic acids is 1. The first kappa shape index (κ1) is 19.2. The van der Waals surface area contributed by atoms with Gasteiger partial charge in [-0.1, -0.05) is 11.6 Å². The largest absolute Gasteiger partial charge is 0.416 e. The molecule has 0 atom stereocenters. The summed E-state index contributed by atoms with van der Waals surface area (Å²) in [6.45, 7) is 3.07. The summed E-state index contributed by atoms with van der Waals surface area (Å²) in [4.78, 5) is 18.5. The van der Waals surface area contributed by atoms with E-state index in [1.807, 2.05) is 4.90 Å². The summed E-state index contributed by atoms with van der Waals surface area (Å²) in [6, 6.07) is 2.87. The molecule has 1 aromatic carbocycles. The third-order valence-electron chi connectivity index (χ3n) is 4.31. The molecule has 27 heavy (non-hydrogen) atoms. The Labute approximate surface area is 158 Å². The number of nitrogens with zero attached hydrogens (tertiary/aromatic N) is 2. The SMILES string of the molecule is C/C(Nc1ccc(C(F)(F)F)cc1Cl)=C1/C(=N)N=C(N2CCCC2)NC1=O. The Morgan fingerprint density at radius 1 is 1.33 bits per heavy atom. The van der Waals surface area contributed by atoms with Crippen LogP contribution in [-0.2, 0) is 11.0 Å². The van der Waals surface area contributed by atoms with Gasteiger partial charge in [-0.25, -0.2) is 0 Å². The molecule has 0 aromatic heterocycles. The van der Waals surface area contributed by atoms with Gasteiger partial charge in [-0.2, -0.15) is 18.2 Å². The molecule has 144 valence electrons. The van der Waals surface area contributed by atoms with Crippen molar-refractivity contribution in [3.05, 3.63) is 40.1 Å². The van der Waals surface area contributed by atoms with Crippen LogP contribution in [0.5, 0.6) is 0 Å². The number of likely N-dealkylation sites (tertiary alicyclic amines) is 1. The number of allylic oxidation sites excluding steroid dienone is 1. The van der Waals surface area contributed by atoms with Crippen molar-refractivity contribution in [2.24, 2.45) is 4.99 Å². The Morgan fingerprint density at radius 2 is 2.00 bits per heavy atom. The number of alkyl halides is 3. The molecule has 0 spiro atoms. The molecule has 2 aliphatic rings. The van der Waals surface area contributed by atoms with Gasteiger partial charge >= 0.3 is 6.18 Å². The van der Waals surface area contributed by atoms with Gasteiger partial charge in [0.1, 0.15) is 5.57 Å². The van der Waals surface area contributed by atoms with Gasteiger partial charge in [-0.05, 0) is 38.0 Å². The van der Waals surface area contributed by atoms with Gasteiger partial charge in [-0.15, -0.1) is 0 Å². The molecule has 1 fully saturated rings. The highest BCUT2D eigenvalue weighted by atomic mass is 35.5. The Morgan fingerprint density at radius 3 is 2.56 bits per heavy atom. The van der Waals surface area contributed by atoms with Crippen molar-refractivity contribution in [3.63, 3.8) is 0 Å². The van der Waals surface area contributed by atoms with Crippen LogP contribution in [0.25, 0.3) is 0 Å². The molecule has 10 heteroatoms. The molecule has 3 N–H and O–H groups in total. The fraction of sp³-hybridized carbons (Fsp3) is 0.353. The maximum absolute atomic E-state index is 12.7. The van der Waals surface area contributed by atoms with Crippen molar-refractivity contribution in [1.82, 2.24) is 10.2 Å². The van der Waals surface area contributed by atoms with Crippen molar-refractivity contribution < 1.29 is 18.0 Å². The lowest BCUT2D eigenvalue weighted by molar-refractivity contribution is -0.137. The number of anilines is 1. The van der Waals surface area contributed by atoms with Crippen molar-refractivity contribution in [1.29, 1.82) is 5.41 Å². The Balaban J connectivity index is 1.84. The third-order valence-corrected chi connectivity index (χ3v) is 4.62. The predicted molar refractivity (Wildman–Crippen MR) is 96.9 cm³/mol. The van der Waals surface area contributed by atoms with Crippen LogP contribution in [0.3, 0.4) is 0 Å². The minimum absolute atomic E-state index is 0.00825. The molecule has 0 radical (unpaired) electrons. The van der Waals surface area contributed by atoms with E-state index < -0.39 is 17.6 Å². The molecule has 2 aliphatic heterocycles.